The monoisotopic (exact) mass is 464 g/mol. The first kappa shape index (κ1) is 20.8. The number of thiophene rings is 1. The molecule has 4 rings (SSSR count). The van der Waals surface area contributed by atoms with Crippen LogP contribution in [0, 0.1) is 5.92 Å². The number of fused-ring (bicyclic) bond motifs is 1. The number of hydrogen-bond donors (Lipinski definition) is 2. The van der Waals surface area contributed by atoms with E-state index in [1.54, 1.807) is 17.0 Å². The first-order chi connectivity index (χ1) is 14.3. The number of urea groups is 1. The van der Waals surface area contributed by atoms with Gasteiger partial charge in [-0.25, -0.2) is 18.2 Å². The summed E-state index contributed by atoms with van der Waals surface area (Å²) >= 11 is 2.68. The predicted molar refractivity (Wildman–Crippen MR) is 119 cm³/mol. The summed E-state index contributed by atoms with van der Waals surface area (Å²) in [6, 6.07) is 8.20. The van der Waals surface area contributed by atoms with E-state index in [1.165, 1.54) is 28.7 Å². The lowest BCUT2D eigenvalue weighted by Crippen LogP contribution is -2.45. The maximum Gasteiger partial charge on any atom is 0.322 e. The Morgan fingerprint density at radius 1 is 1.23 bits per heavy atom. The van der Waals surface area contributed by atoms with Crippen molar-refractivity contribution in [2.75, 3.05) is 30.0 Å². The van der Waals surface area contributed by atoms with Gasteiger partial charge in [-0.3, -0.25) is 10.1 Å². The van der Waals surface area contributed by atoms with Crippen LogP contribution < -0.4 is 10.6 Å². The average Bonchev–Trinajstić information content (AvgIpc) is 3.35. The summed E-state index contributed by atoms with van der Waals surface area (Å²) in [6.07, 6.45) is 2.59. The first-order valence-corrected chi connectivity index (χ1v) is 12.9. The number of amides is 3. The third-order valence-electron chi connectivity index (χ3n) is 4.85. The van der Waals surface area contributed by atoms with Gasteiger partial charge in [-0.2, -0.15) is 0 Å². The highest BCUT2D eigenvalue weighted by atomic mass is 32.2. The van der Waals surface area contributed by atoms with E-state index in [0.29, 0.717) is 34.9 Å². The fraction of sp³-hybridized carbons (Fsp3) is 0.316. The number of piperidine rings is 1. The molecular weight excluding hydrogens is 444 g/mol. The topological polar surface area (TPSA) is 108 Å². The van der Waals surface area contributed by atoms with Crippen molar-refractivity contribution in [3.63, 3.8) is 0 Å². The van der Waals surface area contributed by atoms with Gasteiger partial charge in [-0.05, 0) is 48.6 Å². The lowest BCUT2D eigenvalue weighted by Gasteiger charge is -2.31. The normalized spacial score (nSPS) is 17.1. The van der Waals surface area contributed by atoms with E-state index >= 15 is 0 Å². The van der Waals surface area contributed by atoms with Crippen LogP contribution in [-0.4, -0.2) is 49.6 Å². The van der Waals surface area contributed by atoms with Gasteiger partial charge in [-0.1, -0.05) is 11.3 Å². The van der Waals surface area contributed by atoms with E-state index in [1.807, 2.05) is 17.5 Å². The Hall–Kier alpha value is -2.50. The summed E-state index contributed by atoms with van der Waals surface area (Å²) in [5.41, 5.74) is 0.628. The zero-order chi connectivity index (χ0) is 21.3. The number of anilines is 2. The quantitative estimate of drug-likeness (QED) is 0.613. The Balaban J connectivity index is 1.42. The summed E-state index contributed by atoms with van der Waals surface area (Å²) in [5.74, 6) is -0.516. The van der Waals surface area contributed by atoms with Crippen LogP contribution in [0.3, 0.4) is 0 Å². The highest BCUT2D eigenvalue weighted by Crippen LogP contribution is 2.29. The fourth-order valence-corrected chi connectivity index (χ4v) is 5.54. The van der Waals surface area contributed by atoms with E-state index in [0.717, 1.165) is 17.7 Å². The predicted octanol–water partition coefficient (Wildman–Crippen LogP) is 3.64. The van der Waals surface area contributed by atoms with Crippen molar-refractivity contribution in [1.82, 2.24) is 9.88 Å². The maximum absolute atomic E-state index is 12.8. The molecule has 1 aliphatic heterocycles. The molecule has 30 heavy (non-hydrogen) atoms. The summed E-state index contributed by atoms with van der Waals surface area (Å²) in [4.78, 5) is 31.5. The fourth-order valence-electron chi connectivity index (χ4n) is 3.31. The molecule has 158 valence electrons. The SMILES string of the molecule is CS(=O)(=O)c1ccc2nc(NC(=O)C3CCCN(C(=O)Nc4cccs4)C3)sc2c1. The Bertz CT molecular complexity index is 1190. The van der Waals surface area contributed by atoms with Crippen LogP contribution in [0.1, 0.15) is 12.8 Å². The van der Waals surface area contributed by atoms with E-state index in [9.17, 15) is 18.0 Å². The van der Waals surface area contributed by atoms with Crippen LogP contribution in [-0.2, 0) is 14.6 Å². The second-order valence-electron chi connectivity index (χ2n) is 7.10. The number of likely N-dealkylation sites (tertiary alicyclic amines) is 1. The van der Waals surface area contributed by atoms with E-state index in [4.69, 9.17) is 0 Å². The number of rotatable bonds is 4. The number of carbonyl (C=O) groups is 2. The molecular formula is C19H20N4O4S3. The number of nitrogens with one attached hydrogen (secondary N) is 2. The number of sulfone groups is 1. The van der Waals surface area contributed by atoms with Crippen molar-refractivity contribution in [3.8, 4) is 0 Å². The van der Waals surface area contributed by atoms with Gasteiger partial charge in [0.15, 0.2) is 15.0 Å². The highest BCUT2D eigenvalue weighted by molar-refractivity contribution is 7.90. The van der Waals surface area contributed by atoms with Gasteiger partial charge in [0.2, 0.25) is 5.91 Å². The van der Waals surface area contributed by atoms with E-state index < -0.39 is 9.84 Å². The van der Waals surface area contributed by atoms with Crippen molar-refractivity contribution < 1.29 is 18.0 Å². The summed E-state index contributed by atoms with van der Waals surface area (Å²) in [7, 11) is -3.31. The van der Waals surface area contributed by atoms with Gasteiger partial charge in [0.25, 0.3) is 0 Å². The molecule has 8 nitrogen and oxygen atoms in total. The maximum atomic E-state index is 12.8. The second kappa shape index (κ2) is 8.32. The Labute approximate surface area is 181 Å². The minimum absolute atomic E-state index is 0.189. The number of thiazole rings is 1. The number of nitrogens with zero attached hydrogens (tertiary/aromatic N) is 2. The molecule has 0 saturated carbocycles. The third kappa shape index (κ3) is 4.63. The molecule has 1 atom stereocenters. The zero-order valence-corrected chi connectivity index (χ0v) is 18.6. The number of benzene rings is 1. The number of hydrogen-bond acceptors (Lipinski definition) is 7. The standard InChI is InChI=1S/C19H20N4O4S3/c1-30(26,27)13-6-7-14-15(10-13)29-18(20-14)22-17(24)12-4-2-8-23(11-12)19(25)21-16-5-3-9-28-16/h3,5-7,9-10,12H,2,4,8,11H2,1H3,(H,21,25)(H,20,22,24). The molecule has 3 aromatic rings. The molecule has 1 aromatic carbocycles. The van der Waals surface area contributed by atoms with Crippen molar-refractivity contribution in [3.05, 3.63) is 35.7 Å². The molecule has 3 amide bonds. The second-order valence-corrected chi connectivity index (χ2v) is 11.1. The molecule has 3 heterocycles. The molecule has 0 spiro atoms. The minimum Gasteiger partial charge on any atom is -0.324 e. The Morgan fingerprint density at radius 3 is 2.80 bits per heavy atom. The van der Waals surface area contributed by atoms with Crippen molar-refractivity contribution in [2.24, 2.45) is 5.92 Å². The summed E-state index contributed by atoms with van der Waals surface area (Å²) in [5, 5.41) is 8.76. The third-order valence-corrected chi connectivity index (χ3v) is 7.68. The largest absolute Gasteiger partial charge is 0.324 e. The van der Waals surface area contributed by atoms with Gasteiger partial charge >= 0.3 is 6.03 Å². The molecule has 2 aromatic heterocycles. The van der Waals surface area contributed by atoms with Crippen molar-refractivity contribution in [2.45, 2.75) is 17.7 Å². The van der Waals surface area contributed by atoms with Gasteiger partial charge in [0.1, 0.15) is 0 Å². The Morgan fingerprint density at radius 2 is 2.07 bits per heavy atom. The Kier molecular flexibility index (Phi) is 5.76. The van der Waals surface area contributed by atoms with Crippen molar-refractivity contribution in [1.29, 1.82) is 0 Å². The van der Waals surface area contributed by atoms with Crippen LogP contribution in [0.25, 0.3) is 10.2 Å². The number of carbonyl (C=O) groups excluding carboxylic acids is 2. The first-order valence-electron chi connectivity index (χ1n) is 9.30. The number of aromatic nitrogens is 1. The molecule has 0 aliphatic carbocycles. The zero-order valence-electron chi connectivity index (χ0n) is 16.1. The molecule has 0 bridgehead atoms. The van der Waals surface area contributed by atoms with Crippen LogP contribution in [0.4, 0.5) is 14.9 Å². The molecule has 2 N–H and O–H groups in total. The van der Waals surface area contributed by atoms with Crippen LogP contribution in [0.15, 0.2) is 40.6 Å². The molecule has 11 heteroatoms. The smallest absolute Gasteiger partial charge is 0.322 e. The molecule has 1 unspecified atom stereocenters. The van der Waals surface area contributed by atoms with Gasteiger partial charge < -0.3 is 10.2 Å². The average molecular weight is 465 g/mol. The van der Waals surface area contributed by atoms with Crippen LogP contribution in [0.2, 0.25) is 0 Å². The van der Waals surface area contributed by atoms with Gasteiger partial charge in [-0.15, -0.1) is 11.3 Å². The lowest BCUT2D eigenvalue weighted by molar-refractivity contribution is -0.121. The molecule has 1 fully saturated rings. The van der Waals surface area contributed by atoms with Crippen molar-refractivity contribution >= 4 is 64.8 Å². The van der Waals surface area contributed by atoms with E-state index in [-0.39, 0.29) is 22.8 Å². The van der Waals surface area contributed by atoms with Gasteiger partial charge in [0.05, 0.1) is 26.0 Å². The molecule has 1 aliphatic rings. The van der Waals surface area contributed by atoms with Crippen LogP contribution >= 0.6 is 22.7 Å². The van der Waals surface area contributed by atoms with Crippen LogP contribution in [0.5, 0.6) is 0 Å². The molecule has 1 saturated heterocycles. The van der Waals surface area contributed by atoms with Gasteiger partial charge in [0, 0.05) is 19.3 Å². The summed E-state index contributed by atoms with van der Waals surface area (Å²) in [6.45, 7) is 0.947. The minimum atomic E-state index is -3.31. The molecule has 0 radical (unpaired) electrons. The van der Waals surface area contributed by atoms with E-state index in [2.05, 4.69) is 15.6 Å². The highest BCUT2D eigenvalue weighted by Gasteiger charge is 2.29. The summed E-state index contributed by atoms with van der Waals surface area (Å²) < 4.78 is 24.2. The lowest BCUT2D eigenvalue weighted by atomic mass is 9.97.